The highest BCUT2D eigenvalue weighted by Crippen LogP contribution is 2.37. The van der Waals surface area contributed by atoms with E-state index in [1.165, 1.54) is 4.90 Å². The van der Waals surface area contributed by atoms with Gasteiger partial charge < -0.3 is 4.90 Å². The number of nitrogens with zero attached hydrogens (tertiary/aromatic N) is 2. The quantitative estimate of drug-likeness (QED) is 0.708. The number of carbonyl (C=O) groups is 3. The Labute approximate surface area is 112 Å². The Balaban J connectivity index is 1.59. The molecular formula is C14H20N2O3. The van der Waals surface area contributed by atoms with Crippen molar-refractivity contribution >= 4 is 17.7 Å². The maximum absolute atomic E-state index is 12.2. The lowest BCUT2D eigenvalue weighted by Gasteiger charge is -2.31. The molecule has 0 bridgehead atoms. The molecule has 5 nitrogen and oxygen atoms in total. The van der Waals surface area contributed by atoms with E-state index in [-0.39, 0.29) is 42.5 Å². The van der Waals surface area contributed by atoms with Crippen LogP contribution in [0.1, 0.15) is 38.5 Å². The molecule has 19 heavy (non-hydrogen) atoms. The van der Waals surface area contributed by atoms with Crippen molar-refractivity contribution in [3.05, 3.63) is 0 Å². The molecule has 104 valence electrons. The van der Waals surface area contributed by atoms with Crippen LogP contribution < -0.4 is 0 Å². The largest absolute Gasteiger partial charge is 0.343 e. The van der Waals surface area contributed by atoms with E-state index in [2.05, 4.69) is 0 Å². The molecule has 5 heteroatoms. The van der Waals surface area contributed by atoms with E-state index >= 15 is 0 Å². The maximum atomic E-state index is 12.2. The zero-order valence-electron chi connectivity index (χ0n) is 11.1. The third-order valence-corrected chi connectivity index (χ3v) is 4.69. The van der Waals surface area contributed by atoms with Crippen LogP contribution in [0, 0.1) is 11.8 Å². The Morgan fingerprint density at radius 1 is 1.00 bits per heavy atom. The number of carbonyl (C=O) groups excluding carboxylic acids is 3. The van der Waals surface area contributed by atoms with Gasteiger partial charge in [0.05, 0.1) is 11.8 Å². The van der Waals surface area contributed by atoms with Crippen molar-refractivity contribution in [2.45, 2.75) is 38.5 Å². The highest BCUT2D eigenvalue weighted by atomic mass is 16.2. The van der Waals surface area contributed by atoms with Gasteiger partial charge in [0.2, 0.25) is 17.7 Å². The topological polar surface area (TPSA) is 57.7 Å². The molecule has 3 amide bonds. The first-order valence-electron chi connectivity index (χ1n) is 7.31. The summed E-state index contributed by atoms with van der Waals surface area (Å²) in [5.41, 5.74) is 0. The summed E-state index contributed by atoms with van der Waals surface area (Å²) >= 11 is 0. The van der Waals surface area contributed by atoms with Gasteiger partial charge in [0, 0.05) is 26.1 Å². The van der Waals surface area contributed by atoms with Crippen molar-refractivity contribution in [2.24, 2.45) is 11.8 Å². The predicted molar refractivity (Wildman–Crippen MR) is 68.0 cm³/mol. The van der Waals surface area contributed by atoms with E-state index in [1.807, 2.05) is 0 Å². The highest BCUT2D eigenvalue weighted by Gasteiger charge is 2.47. The van der Waals surface area contributed by atoms with Crippen molar-refractivity contribution < 1.29 is 14.4 Å². The molecule has 2 saturated heterocycles. The summed E-state index contributed by atoms with van der Waals surface area (Å²) in [5, 5.41) is 0. The lowest BCUT2D eigenvalue weighted by Crippen LogP contribution is -2.44. The Morgan fingerprint density at radius 2 is 1.58 bits per heavy atom. The highest BCUT2D eigenvalue weighted by molar-refractivity contribution is 6.05. The van der Waals surface area contributed by atoms with Gasteiger partial charge in [-0.25, -0.2) is 0 Å². The van der Waals surface area contributed by atoms with Crippen LogP contribution in [0.15, 0.2) is 0 Å². The van der Waals surface area contributed by atoms with Gasteiger partial charge in [0.15, 0.2) is 0 Å². The zero-order valence-corrected chi connectivity index (χ0v) is 11.1. The molecule has 0 radical (unpaired) electrons. The van der Waals surface area contributed by atoms with E-state index in [0.717, 1.165) is 45.2 Å². The second-order valence-corrected chi connectivity index (χ2v) is 5.81. The van der Waals surface area contributed by atoms with Gasteiger partial charge in [0.1, 0.15) is 0 Å². The van der Waals surface area contributed by atoms with E-state index in [0.29, 0.717) is 0 Å². The molecule has 2 unspecified atom stereocenters. The van der Waals surface area contributed by atoms with Crippen molar-refractivity contribution in [3.8, 4) is 0 Å². The lowest BCUT2D eigenvalue weighted by molar-refractivity contribution is -0.141. The number of fused-ring (bicyclic) bond motifs is 1. The smallest absolute Gasteiger partial charge is 0.233 e. The number of amides is 3. The molecule has 3 aliphatic rings. The standard InChI is InChI=1S/C14H20N2O3/c17-12(15-7-3-8-15)6-9-16-13(18)10-4-1-2-5-11(10)14(16)19/h10-11H,1-9H2. The van der Waals surface area contributed by atoms with Crippen LogP contribution in [0.2, 0.25) is 0 Å². The number of likely N-dealkylation sites (tertiary alicyclic amines) is 2. The van der Waals surface area contributed by atoms with Gasteiger partial charge in [-0.2, -0.15) is 0 Å². The Bertz CT molecular complexity index is 393. The second-order valence-electron chi connectivity index (χ2n) is 5.81. The van der Waals surface area contributed by atoms with Gasteiger partial charge in [-0.1, -0.05) is 12.8 Å². The summed E-state index contributed by atoms with van der Waals surface area (Å²) in [6.07, 6.45) is 5.12. The average molecular weight is 264 g/mol. The third-order valence-electron chi connectivity index (χ3n) is 4.69. The number of imide groups is 1. The summed E-state index contributed by atoms with van der Waals surface area (Å²) in [6, 6.07) is 0. The Kier molecular flexibility index (Phi) is 3.29. The fourth-order valence-corrected chi connectivity index (χ4v) is 3.38. The molecule has 2 aliphatic heterocycles. The van der Waals surface area contributed by atoms with Crippen LogP contribution in [0.3, 0.4) is 0 Å². The maximum Gasteiger partial charge on any atom is 0.233 e. The lowest BCUT2D eigenvalue weighted by atomic mass is 9.81. The minimum absolute atomic E-state index is 0.0360. The summed E-state index contributed by atoms with van der Waals surface area (Å²) in [7, 11) is 0. The average Bonchev–Trinajstić information content (AvgIpc) is 2.59. The minimum Gasteiger partial charge on any atom is -0.343 e. The Hall–Kier alpha value is -1.39. The van der Waals surface area contributed by atoms with E-state index in [9.17, 15) is 14.4 Å². The van der Waals surface area contributed by atoms with Crippen LogP contribution in [-0.4, -0.2) is 47.2 Å². The number of hydrogen-bond donors (Lipinski definition) is 0. The molecule has 0 aromatic heterocycles. The fraction of sp³-hybridized carbons (Fsp3) is 0.786. The third kappa shape index (κ3) is 2.15. The predicted octanol–water partition coefficient (Wildman–Crippen LogP) is 0.784. The molecular weight excluding hydrogens is 244 g/mol. The van der Waals surface area contributed by atoms with Crippen LogP contribution in [0.5, 0.6) is 0 Å². The first-order valence-corrected chi connectivity index (χ1v) is 7.31. The van der Waals surface area contributed by atoms with E-state index in [1.54, 1.807) is 4.90 Å². The number of rotatable bonds is 3. The summed E-state index contributed by atoms with van der Waals surface area (Å²) < 4.78 is 0. The van der Waals surface area contributed by atoms with Crippen molar-refractivity contribution in [1.29, 1.82) is 0 Å². The minimum atomic E-state index is -0.0969. The molecule has 0 aromatic carbocycles. The first kappa shape index (κ1) is 12.6. The van der Waals surface area contributed by atoms with Gasteiger partial charge >= 0.3 is 0 Å². The van der Waals surface area contributed by atoms with Gasteiger partial charge in [-0.3, -0.25) is 19.3 Å². The molecule has 0 spiro atoms. The van der Waals surface area contributed by atoms with Crippen LogP contribution in [0.4, 0.5) is 0 Å². The van der Waals surface area contributed by atoms with Crippen LogP contribution >= 0.6 is 0 Å². The second kappa shape index (κ2) is 4.94. The molecule has 2 atom stereocenters. The summed E-state index contributed by atoms with van der Waals surface area (Å²) in [4.78, 5) is 39.3. The summed E-state index contributed by atoms with van der Waals surface area (Å²) in [5.74, 6) is -0.195. The Morgan fingerprint density at radius 3 is 2.05 bits per heavy atom. The monoisotopic (exact) mass is 264 g/mol. The summed E-state index contributed by atoms with van der Waals surface area (Å²) in [6.45, 7) is 1.93. The fourth-order valence-electron chi connectivity index (χ4n) is 3.38. The van der Waals surface area contributed by atoms with Gasteiger partial charge in [-0.05, 0) is 19.3 Å². The van der Waals surface area contributed by atoms with E-state index < -0.39 is 0 Å². The molecule has 3 rings (SSSR count). The SMILES string of the molecule is O=C(CCN1C(=O)C2CCCCC2C1=O)N1CCC1. The van der Waals surface area contributed by atoms with Gasteiger partial charge in [-0.15, -0.1) is 0 Å². The molecule has 0 aromatic rings. The molecule has 0 N–H and O–H groups in total. The van der Waals surface area contributed by atoms with Crippen LogP contribution in [-0.2, 0) is 14.4 Å². The van der Waals surface area contributed by atoms with Crippen molar-refractivity contribution in [2.75, 3.05) is 19.6 Å². The molecule has 2 heterocycles. The van der Waals surface area contributed by atoms with Gasteiger partial charge in [0.25, 0.3) is 0 Å². The first-order chi connectivity index (χ1) is 9.18. The van der Waals surface area contributed by atoms with Crippen molar-refractivity contribution in [1.82, 2.24) is 9.80 Å². The molecule has 3 fully saturated rings. The zero-order chi connectivity index (χ0) is 13.4. The van der Waals surface area contributed by atoms with Crippen LogP contribution in [0.25, 0.3) is 0 Å². The molecule has 1 aliphatic carbocycles. The molecule has 1 saturated carbocycles. The number of hydrogen-bond acceptors (Lipinski definition) is 3. The van der Waals surface area contributed by atoms with Crippen molar-refractivity contribution in [3.63, 3.8) is 0 Å². The van der Waals surface area contributed by atoms with E-state index in [4.69, 9.17) is 0 Å². The normalized spacial score (nSPS) is 30.3.